The van der Waals surface area contributed by atoms with E-state index < -0.39 is 0 Å². The summed E-state index contributed by atoms with van der Waals surface area (Å²) in [5, 5.41) is 4.48. The van der Waals surface area contributed by atoms with Crippen molar-refractivity contribution < 1.29 is 9.21 Å². The molecule has 136 valence electrons. The van der Waals surface area contributed by atoms with Gasteiger partial charge in [-0.3, -0.25) is 14.4 Å². The second-order valence-corrected chi connectivity index (χ2v) is 7.34. The highest BCUT2D eigenvalue weighted by Gasteiger charge is 2.24. The molecular formula is C18H25BrN4O2. The van der Waals surface area contributed by atoms with Gasteiger partial charge < -0.3 is 9.32 Å². The van der Waals surface area contributed by atoms with Crippen LogP contribution in [0, 0.1) is 13.8 Å². The number of rotatable bonds is 5. The Morgan fingerprint density at radius 1 is 1.24 bits per heavy atom. The first-order valence-corrected chi connectivity index (χ1v) is 9.58. The molecule has 0 spiro atoms. The molecule has 0 bridgehead atoms. The molecule has 0 unspecified atom stereocenters. The summed E-state index contributed by atoms with van der Waals surface area (Å²) >= 11 is 3.53. The van der Waals surface area contributed by atoms with Gasteiger partial charge in [0.2, 0.25) is 0 Å². The fraction of sp³-hybridized carbons (Fsp3) is 0.556. The largest absolute Gasteiger partial charge is 0.454 e. The van der Waals surface area contributed by atoms with Crippen LogP contribution in [0.15, 0.2) is 21.0 Å². The van der Waals surface area contributed by atoms with Crippen molar-refractivity contribution in [1.29, 1.82) is 0 Å². The van der Waals surface area contributed by atoms with Crippen molar-refractivity contribution in [3.8, 4) is 0 Å². The Morgan fingerprint density at radius 2 is 1.96 bits per heavy atom. The van der Waals surface area contributed by atoms with Gasteiger partial charge >= 0.3 is 0 Å². The third-order valence-corrected chi connectivity index (χ3v) is 5.82. The third-order valence-electron chi connectivity index (χ3n) is 4.67. The number of hydrogen-bond donors (Lipinski definition) is 0. The Hall–Kier alpha value is -1.60. The number of hydrogen-bond acceptors (Lipinski definition) is 4. The summed E-state index contributed by atoms with van der Waals surface area (Å²) in [7, 11) is 0. The number of aryl methyl sites for hydroxylation is 1. The van der Waals surface area contributed by atoms with Crippen LogP contribution in [0.5, 0.6) is 0 Å². The smallest absolute Gasteiger partial charge is 0.289 e. The molecule has 2 aromatic heterocycles. The quantitative estimate of drug-likeness (QED) is 0.762. The molecule has 0 saturated carbocycles. The van der Waals surface area contributed by atoms with Gasteiger partial charge in [-0.25, -0.2) is 0 Å². The number of carbonyl (C=O) groups excluding carboxylic acids is 1. The van der Waals surface area contributed by atoms with Crippen molar-refractivity contribution in [2.75, 3.05) is 32.7 Å². The van der Waals surface area contributed by atoms with E-state index in [1.807, 2.05) is 29.5 Å². The lowest BCUT2D eigenvalue weighted by Gasteiger charge is -2.34. The highest BCUT2D eigenvalue weighted by Crippen LogP contribution is 2.21. The lowest BCUT2D eigenvalue weighted by atomic mass is 10.2. The Kier molecular flexibility index (Phi) is 5.64. The van der Waals surface area contributed by atoms with E-state index in [0.717, 1.165) is 60.8 Å². The average Bonchev–Trinajstić information content (AvgIpc) is 3.17. The second kappa shape index (κ2) is 7.74. The SMILES string of the molecule is CCCN1CCN(C(=O)c2ccc(Cn3nc(C)c(Br)c3C)o2)CC1. The summed E-state index contributed by atoms with van der Waals surface area (Å²) in [6.07, 6.45) is 1.15. The fourth-order valence-corrected chi connectivity index (χ4v) is 3.49. The number of carbonyl (C=O) groups is 1. The molecule has 7 heteroatoms. The molecule has 1 saturated heterocycles. The number of aromatic nitrogens is 2. The summed E-state index contributed by atoms with van der Waals surface area (Å²) < 4.78 is 8.70. The van der Waals surface area contributed by atoms with Crippen LogP contribution in [0.2, 0.25) is 0 Å². The normalized spacial score (nSPS) is 15.8. The van der Waals surface area contributed by atoms with Gasteiger partial charge in [0.1, 0.15) is 5.76 Å². The summed E-state index contributed by atoms with van der Waals surface area (Å²) in [6, 6.07) is 3.64. The minimum absolute atomic E-state index is 0.0167. The first-order valence-electron chi connectivity index (χ1n) is 8.79. The maximum atomic E-state index is 12.6. The van der Waals surface area contributed by atoms with Crippen LogP contribution < -0.4 is 0 Å². The van der Waals surface area contributed by atoms with Crippen molar-refractivity contribution in [2.24, 2.45) is 0 Å². The van der Waals surface area contributed by atoms with E-state index in [0.29, 0.717) is 12.3 Å². The Bertz CT molecular complexity index is 744. The molecule has 3 rings (SSSR count). The zero-order chi connectivity index (χ0) is 18.0. The standard InChI is InChI=1S/C18H25BrN4O2/c1-4-7-21-8-10-22(11-9-21)18(24)16-6-5-15(25-16)12-23-14(3)17(19)13(2)20-23/h5-6H,4,7-12H2,1-3H3. The van der Waals surface area contributed by atoms with Crippen LogP contribution in [-0.4, -0.2) is 58.2 Å². The van der Waals surface area contributed by atoms with E-state index in [2.05, 4.69) is 32.9 Å². The first kappa shape index (κ1) is 18.2. The first-order chi connectivity index (χ1) is 12.0. The molecule has 3 heterocycles. The van der Waals surface area contributed by atoms with E-state index in [4.69, 9.17) is 4.42 Å². The van der Waals surface area contributed by atoms with Gasteiger partial charge in [-0.05, 0) is 54.9 Å². The molecule has 1 fully saturated rings. The number of furan rings is 1. The van der Waals surface area contributed by atoms with Crippen molar-refractivity contribution in [3.63, 3.8) is 0 Å². The summed E-state index contributed by atoms with van der Waals surface area (Å²) in [6.45, 7) is 11.2. The zero-order valence-corrected chi connectivity index (χ0v) is 16.7. The molecule has 6 nitrogen and oxygen atoms in total. The van der Waals surface area contributed by atoms with Crippen molar-refractivity contribution in [3.05, 3.63) is 39.5 Å². The van der Waals surface area contributed by atoms with Gasteiger partial charge in [-0.2, -0.15) is 5.10 Å². The highest BCUT2D eigenvalue weighted by atomic mass is 79.9. The predicted octanol–water partition coefficient (Wildman–Crippen LogP) is 3.07. The van der Waals surface area contributed by atoms with Gasteiger partial charge in [-0.15, -0.1) is 0 Å². The van der Waals surface area contributed by atoms with Gasteiger partial charge in [0.15, 0.2) is 5.76 Å². The number of nitrogens with zero attached hydrogens (tertiary/aromatic N) is 4. The molecule has 0 radical (unpaired) electrons. The van der Waals surface area contributed by atoms with Crippen LogP contribution in [0.1, 0.15) is 41.0 Å². The minimum atomic E-state index is -0.0167. The highest BCUT2D eigenvalue weighted by molar-refractivity contribution is 9.10. The summed E-state index contributed by atoms with van der Waals surface area (Å²) in [5.41, 5.74) is 2.00. The zero-order valence-electron chi connectivity index (χ0n) is 15.1. The van der Waals surface area contributed by atoms with Gasteiger partial charge in [0.25, 0.3) is 5.91 Å². The number of amides is 1. The fourth-order valence-electron chi connectivity index (χ4n) is 3.20. The Morgan fingerprint density at radius 3 is 2.56 bits per heavy atom. The molecule has 2 aromatic rings. The van der Waals surface area contributed by atoms with Gasteiger partial charge in [0, 0.05) is 26.2 Å². The average molecular weight is 409 g/mol. The summed E-state index contributed by atoms with van der Waals surface area (Å²) in [5.74, 6) is 1.14. The van der Waals surface area contributed by atoms with E-state index in [-0.39, 0.29) is 5.91 Å². The molecule has 1 aliphatic rings. The van der Waals surface area contributed by atoms with Gasteiger partial charge in [-0.1, -0.05) is 6.92 Å². The molecule has 1 amide bonds. The molecule has 0 N–H and O–H groups in total. The van der Waals surface area contributed by atoms with Crippen molar-refractivity contribution in [1.82, 2.24) is 19.6 Å². The van der Waals surface area contributed by atoms with Crippen molar-refractivity contribution in [2.45, 2.75) is 33.7 Å². The molecule has 0 aromatic carbocycles. The topological polar surface area (TPSA) is 54.5 Å². The van der Waals surface area contributed by atoms with Crippen LogP contribution in [0.3, 0.4) is 0 Å². The van der Waals surface area contributed by atoms with Crippen LogP contribution in [0.25, 0.3) is 0 Å². The molecule has 0 aliphatic carbocycles. The maximum Gasteiger partial charge on any atom is 0.289 e. The van der Waals surface area contributed by atoms with Crippen LogP contribution in [0.4, 0.5) is 0 Å². The van der Waals surface area contributed by atoms with Crippen LogP contribution in [-0.2, 0) is 6.54 Å². The molecule has 1 aliphatic heterocycles. The second-order valence-electron chi connectivity index (χ2n) is 6.54. The Balaban J connectivity index is 1.63. The Labute approximate surface area is 156 Å². The van der Waals surface area contributed by atoms with E-state index in [1.165, 1.54) is 0 Å². The monoisotopic (exact) mass is 408 g/mol. The molecular weight excluding hydrogens is 384 g/mol. The summed E-state index contributed by atoms with van der Waals surface area (Å²) in [4.78, 5) is 16.9. The van der Waals surface area contributed by atoms with Crippen molar-refractivity contribution >= 4 is 21.8 Å². The minimum Gasteiger partial charge on any atom is -0.454 e. The molecule has 0 atom stereocenters. The third kappa shape index (κ3) is 3.98. The van der Waals surface area contributed by atoms with Gasteiger partial charge in [0.05, 0.1) is 22.4 Å². The number of halogens is 1. The number of piperazine rings is 1. The lowest BCUT2D eigenvalue weighted by molar-refractivity contribution is 0.0604. The van der Waals surface area contributed by atoms with E-state index >= 15 is 0 Å². The lowest BCUT2D eigenvalue weighted by Crippen LogP contribution is -2.48. The van der Waals surface area contributed by atoms with E-state index in [1.54, 1.807) is 6.07 Å². The van der Waals surface area contributed by atoms with Crippen LogP contribution >= 0.6 is 15.9 Å². The predicted molar refractivity (Wildman–Crippen MR) is 99.8 cm³/mol. The maximum absolute atomic E-state index is 12.6. The molecule has 25 heavy (non-hydrogen) atoms. The van der Waals surface area contributed by atoms with E-state index in [9.17, 15) is 4.79 Å².